The summed E-state index contributed by atoms with van der Waals surface area (Å²) < 4.78 is 124. The van der Waals surface area contributed by atoms with Gasteiger partial charge in [-0.05, 0) is 30.3 Å². The van der Waals surface area contributed by atoms with Gasteiger partial charge in [0.1, 0.15) is 6.04 Å². The molecular weight excluding hydrogens is 523 g/mol. The third kappa shape index (κ3) is 5.36. The largest absolute Gasteiger partial charge is 0.429 e. The number of hydrogen-bond donors (Lipinski definition) is 2. The summed E-state index contributed by atoms with van der Waals surface area (Å²) in [5.74, 6) is -5.94. The van der Waals surface area contributed by atoms with E-state index in [0.29, 0.717) is 17.0 Å². The zero-order valence-corrected chi connectivity index (χ0v) is 19.5. The highest BCUT2D eigenvalue weighted by Gasteiger charge is 2.63. The minimum Gasteiger partial charge on any atom is -0.429 e. The summed E-state index contributed by atoms with van der Waals surface area (Å²) in [5, 5.41) is 2.33. The molecule has 15 heteroatoms. The van der Waals surface area contributed by atoms with Crippen LogP contribution in [0.3, 0.4) is 0 Å². The zero-order chi connectivity index (χ0) is 27.1. The molecule has 1 saturated heterocycles. The van der Waals surface area contributed by atoms with Gasteiger partial charge in [-0.2, -0.15) is 26.3 Å². The van der Waals surface area contributed by atoms with Crippen molar-refractivity contribution < 1.29 is 49.2 Å². The third-order valence-corrected chi connectivity index (χ3v) is 6.79. The van der Waals surface area contributed by atoms with Gasteiger partial charge in [0.05, 0.1) is 22.0 Å². The maximum absolute atomic E-state index is 14.4. The molecule has 1 amide bonds. The Morgan fingerprint density at radius 3 is 2.47 bits per heavy atom. The molecule has 0 aliphatic carbocycles. The highest BCUT2D eigenvalue weighted by Crippen LogP contribution is 2.47. The number of nitrogens with zero attached hydrogens (tertiary/aromatic N) is 1. The Morgan fingerprint density at radius 2 is 1.92 bits per heavy atom. The molecule has 36 heavy (non-hydrogen) atoms. The second-order valence-corrected chi connectivity index (χ2v) is 10.2. The van der Waals surface area contributed by atoms with Crippen molar-refractivity contribution in [3.8, 4) is 5.75 Å². The second-order valence-electron chi connectivity index (χ2n) is 7.99. The van der Waals surface area contributed by atoms with Crippen molar-refractivity contribution in [3.05, 3.63) is 48.0 Å². The van der Waals surface area contributed by atoms with Crippen molar-refractivity contribution in [2.45, 2.75) is 35.7 Å². The number of anilines is 2. The average Bonchev–Trinajstić information content (AvgIpc) is 3.18. The second kappa shape index (κ2) is 9.76. The highest BCUT2D eigenvalue weighted by atomic mass is 32.2. The van der Waals surface area contributed by atoms with Crippen LogP contribution in [0.25, 0.3) is 0 Å². The minimum absolute atomic E-state index is 0.0180. The number of hydrogen-bond acceptors (Lipinski definition) is 6. The van der Waals surface area contributed by atoms with Crippen LogP contribution in [0.1, 0.15) is 6.42 Å². The molecule has 2 aromatic carbocycles. The standard InChI is InChI=1S/C21H20F7N3O4S/c1-34-20(21(26,27)28)9-15(18(32)30-11-4-3-5-12(8-11)36(2,29)33)31(10-20)14-7-6-13(22)16(23)17(14)35-19(24)25/h3-8,15,19,29H,9-10H2,1-2H3,(H,30,32)/t15-,20+,36+/m0/s1. The smallest absolute Gasteiger partial charge is 0.419 e. The molecule has 0 aromatic heterocycles. The van der Waals surface area contributed by atoms with E-state index in [1.807, 2.05) is 0 Å². The number of nitrogens with one attached hydrogen (secondary N) is 2. The van der Waals surface area contributed by atoms with E-state index in [1.54, 1.807) is 0 Å². The Labute approximate surface area is 201 Å². The van der Waals surface area contributed by atoms with Crippen molar-refractivity contribution in [2.24, 2.45) is 0 Å². The molecule has 7 nitrogen and oxygen atoms in total. The maximum Gasteiger partial charge on any atom is 0.419 e. The lowest BCUT2D eigenvalue weighted by molar-refractivity contribution is -0.261. The van der Waals surface area contributed by atoms with Crippen molar-refractivity contribution >= 4 is 27.0 Å². The number of amides is 1. The molecule has 1 aliphatic heterocycles. The van der Waals surface area contributed by atoms with Crippen molar-refractivity contribution in [1.82, 2.24) is 0 Å². The number of halogens is 7. The van der Waals surface area contributed by atoms with Gasteiger partial charge in [-0.1, -0.05) is 6.07 Å². The first-order valence-electron chi connectivity index (χ1n) is 10.1. The number of benzene rings is 2. The van der Waals surface area contributed by atoms with Gasteiger partial charge in [0, 0.05) is 30.4 Å². The van der Waals surface area contributed by atoms with E-state index in [4.69, 9.17) is 9.52 Å². The van der Waals surface area contributed by atoms with E-state index >= 15 is 0 Å². The number of alkyl halides is 5. The fourth-order valence-corrected chi connectivity index (χ4v) is 4.51. The van der Waals surface area contributed by atoms with Crippen LogP contribution in [-0.2, 0) is 19.3 Å². The van der Waals surface area contributed by atoms with Crippen molar-refractivity contribution in [2.75, 3.05) is 30.1 Å². The maximum atomic E-state index is 14.4. The summed E-state index contributed by atoms with van der Waals surface area (Å²) in [6, 6.07) is 4.64. The Balaban J connectivity index is 2.09. The Bertz CT molecular complexity index is 1260. The molecule has 1 aliphatic rings. The van der Waals surface area contributed by atoms with E-state index in [0.717, 1.165) is 13.4 Å². The summed E-state index contributed by atoms with van der Waals surface area (Å²) in [6.07, 6.45) is -4.96. The van der Waals surface area contributed by atoms with Crippen LogP contribution in [0, 0.1) is 16.4 Å². The number of carbonyl (C=O) groups is 1. The molecule has 0 unspecified atom stereocenters. The van der Waals surface area contributed by atoms with Gasteiger partial charge in [0.15, 0.2) is 17.2 Å². The van der Waals surface area contributed by atoms with E-state index < -0.39 is 76.1 Å². The van der Waals surface area contributed by atoms with E-state index in [9.17, 15) is 39.7 Å². The lowest BCUT2D eigenvalue weighted by atomic mass is 9.99. The number of rotatable bonds is 7. The lowest BCUT2D eigenvalue weighted by Gasteiger charge is -2.31. The van der Waals surface area contributed by atoms with E-state index in [1.165, 1.54) is 24.3 Å². The molecule has 2 aromatic rings. The molecule has 0 bridgehead atoms. The Hall–Kier alpha value is -3.07. The van der Waals surface area contributed by atoms with Crippen LogP contribution in [0.2, 0.25) is 0 Å². The van der Waals surface area contributed by atoms with Crippen molar-refractivity contribution in [1.29, 1.82) is 4.78 Å². The van der Waals surface area contributed by atoms with Crippen LogP contribution in [0.5, 0.6) is 5.75 Å². The first-order chi connectivity index (χ1) is 16.6. The SMILES string of the molecule is CO[C@]1(C(F)(F)F)C[C@@H](C(=O)Nc2cccc([S@](C)(=N)=O)c2)N(c2ccc(F)c(F)c2OC(F)F)C1. The van der Waals surface area contributed by atoms with Crippen LogP contribution in [0.4, 0.5) is 42.1 Å². The van der Waals surface area contributed by atoms with E-state index in [2.05, 4.69) is 10.1 Å². The predicted octanol–water partition coefficient (Wildman–Crippen LogP) is 4.77. The number of ether oxygens (including phenoxy) is 2. The number of methoxy groups -OCH3 is 1. The lowest BCUT2D eigenvalue weighted by Crippen LogP contribution is -2.49. The topological polar surface area (TPSA) is 91.7 Å². The van der Waals surface area contributed by atoms with Gasteiger partial charge in [0.2, 0.25) is 11.7 Å². The van der Waals surface area contributed by atoms with E-state index in [-0.39, 0.29) is 10.6 Å². The quantitative estimate of drug-likeness (QED) is 0.492. The monoisotopic (exact) mass is 543 g/mol. The Kier molecular flexibility index (Phi) is 7.46. The number of carbonyl (C=O) groups excluding carboxylic acids is 1. The summed E-state index contributed by atoms with van der Waals surface area (Å²) in [6.45, 7) is -4.79. The minimum atomic E-state index is -5.05. The van der Waals surface area contributed by atoms with Gasteiger partial charge in [0.25, 0.3) is 0 Å². The van der Waals surface area contributed by atoms with Crippen molar-refractivity contribution in [3.63, 3.8) is 0 Å². The van der Waals surface area contributed by atoms with Gasteiger partial charge in [-0.25, -0.2) is 13.4 Å². The average molecular weight is 543 g/mol. The molecule has 2 N–H and O–H groups in total. The predicted molar refractivity (Wildman–Crippen MR) is 115 cm³/mol. The molecular formula is C21H20F7N3O4S. The molecule has 1 heterocycles. The fourth-order valence-electron chi connectivity index (χ4n) is 3.82. The highest BCUT2D eigenvalue weighted by molar-refractivity contribution is 7.91. The van der Waals surface area contributed by atoms with Crippen LogP contribution < -0.4 is 15.0 Å². The summed E-state index contributed by atoms with van der Waals surface area (Å²) in [4.78, 5) is 13.8. The molecule has 0 saturated carbocycles. The summed E-state index contributed by atoms with van der Waals surface area (Å²) in [7, 11) is -2.46. The normalized spacial score (nSPS) is 21.9. The zero-order valence-electron chi connectivity index (χ0n) is 18.7. The molecule has 3 atom stereocenters. The summed E-state index contributed by atoms with van der Waals surface area (Å²) >= 11 is 0. The van der Waals surface area contributed by atoms with Gasteiger partial charge >= 0.3 is 12.8 Å². The third-order valence-electron chi connectivity index (χ3n) is 5.63. The van der Waals surface area contributed by atoms with Crippen LogP contribution in [-0.4, -0.2) is 54.5 Å². The Morgan fingerprint density at radius 1 is 1.25 bits per heavy atom. The molecule has 3 rings (SSSR count). The van der Waals surface area contributed by atoms with Gasteiger partial charge in [-0.3, -0.25) is 4.79 Å². The van der Waals surface area contributed by atoms with Gasteiger partial charge in [-0.15, -0.1) is 0 Å². The molecule has 198 valence electrons. The molecule has 0 spiro atoms. The fraction of sp³-hybridized carbons (Fsp3) is 0.381. The van der Waals surface area contributed by atoms with Crippen LogP contribution >= 0.6 is 0 Å². The van der Waals surface area contributed by atoms with Crippen LogP contribution in [0.15, 0.2) is 41.3 Å². The van der Waals surface area contributed by atoms with Gasteiger partial charge < -0.3 is 19.7 Å². The first kappa shape index (κ1) is 27.5. The first-order valence-corrected chi connectivity index (χ1v) is 12.0. The summed E-state index contributed by atoms with van der Waals surface area (Å²) in [5.41, 5.74) is -3.72. The molecule has 0 radical (unpaired) electrons. The molecule has 1 fully saturated rings.